The van der Waals surface area contributed by atoms with Gasteiger partial charge in [0.25, 0.3) is 0 Å². The van der Waals surface area contributed by atoms with Crippen LogP contribution in [0.25, 0.3) is 0 Å². The van der Waals surface area contributed by atoms with Crippen molar-refractivity contribution in [1.29, 1.82) is 0 Å². The first-order valence-corrected chi connectivity index (χ1v) is 6.59. The van der Waals surface area contributed by atoms with Gasteiger partial charge in [-0.1, -0.05) is 19.1 Å². The maximum atomic E-state index is 12.7. The van der Waals surface area contributed by atoms with E-state index >= 15 is 0 Å². The molecule has 2 atom stereocenters. The van der Waals surface area contributed by atoms with Crippen LogP contribution in [0.15, 0.2) is 34.9 Å². The van der Waals surface area contributed by atoms with Crippen LogP contribution in [0.5, 0.6) is 0 Å². The maximum absolute atomic E-state index is 12.7. The SMILES string of the molecule is COC(=O)[C@@H](C)C1=CC[C@@]2(C)C=CC(=O)C(C)=C2C1=O. The van der Waals surface area contributed by atoms with Crippen molar-refractivity contribution in [3.63, 3.8) is 0 Å². The molecular weight excluding hydrogens is 256 g/mol. The third-order valence-electron chi connectivity index (χ3n) is 4.17. The standard InChI is InChI=1S/C16H18O4/c1-9(15(19)20-4)11-5-7-16(3)8-6-12(17)10(2)13(16)14(11)18/h5-6,8-9H,7H2,1-4H3/t9-,16-/m0/s1. The highest BCUT2D eigenvalue weighted by molar-refractivity contribution is 6.19. The molecule has 20 heavy (non-hydrogen) atoms. The van der Waals surface area contributed by atoms with E-state index in [0.29, 0.717) is 23.1 Å². The van der Waals surface area contributed by atoms with Gasteiger partial charge in [-0.05, 0) is 26.3 Å². The number of methoxy groups -OCH3 is 1. The molecule has 2 rings (SSSR count). The molecule has 0 saturated heterocycles. The zero-order chi connectivity index (χ0) is 15.1. The molecule has 0 fully saturated rings. The molecule has 0 N–H and O–H groups in total. The maximum Gasteiger partial charge on any atom is 0.312 e. The second-order valence-electron chi connectivity index (χ2n) is 5.55. The second kappa shape index (κ2) is 4.85. The molecule has 0 saturated carbocycles. The van der Waals surface area contributed by atoms with E-state index in [1.807, 2.05) is 6.92 Å². The first-order valence-electron chi connectivity index (χ1n) is 6.59. The molecule has 0 aromatic carbocycles. The minimum Gasteiger partial charge on any atom is -0.469 e. The summed E-state index contributed by atoms with van der Waals surface area (Å²) in [5.74, 6) is -1.41. The van der Waals surface area contributed by atoms with Crippen LogP contribution in [-0.2, 0) is 19.1 Å². The molecule has 0 aliphatic heterocycles. The Hall–Kier alpha value is -1.97. The molecule has 0 aromatic rings. The summed E-state index contributed by atoms with van der Waals surface area (Å²) < 4.78 is 4.69. The van der Waals surface area contributed by atoms with Crippen LogP contribution < -0.4 is 0 Å². The van der Waals surface area contributed by atoms with Crippen LogP contribution in [0, 0.1) is 11.3 Å². The quantitative estimate of drug-likeness (QED) is 0.724. The Morgan fingerprint density at radius 3 is 2.65 bits per heavy atom. The van der Waals surface area contributed by atoms with E-state index in [2.05, 4.69) is 0 Å². The Morgan fingerprint density at radius 1 is 1.40 bits per heavy atom. The third kappa shape index (κ3) is 2.05. The van der Waals surface area contributed by atoms with Crippen molar-refractivity contribution in [2.75, 3.05) is 7.11 Å². The van der Waals surface area contributed by atoms with Crippen molar-refractivity contribution in [2.24, 2.45) is 11.3 Å². The highest BCUT2D eigenvalue weighted by Gasteiger charge is 2.42. The van der Waals surface area contributed by atoms with Gasteiger partial charge in [-0.25, -0.2) is 0 Å². The minimum atomic E-state index is -0.613. The summed E-state index contributed by atoms with van der Waals surface area (Å²) in [4.78, 5) is 36.1. The van der Waals surface area contributed by atoms with Crippen molar-refractivity contribution in [3.8, 4) is 0 Å². The summed E-state index contributed by atoms with van der Waals surface area (Å²) in [5, 5.41) is 0. The normalized spacial score (nSPS) is 27.1. The van der Waals surface area contributed by atoms with Crippen molar-refractivity contribution in [2.45, 2.75) is 27.2 Å². The topological polar surface area (TPSA) is 60.4 Å². The Kier molecular flexibility index (Phi) is 3.50. The van der Waals surface area contributed by atoms with Crippen molar-refractivity contribution in [1.82, 2.24) is 0 Å². The van der Waals surface area contributed by atoms with E-state index in [9.17, 15) is 14.4 Å². The molecule has 0 heterocycles. The van der Waals surface area contributed by atoms with Gasteiger partial charge in [0.1, 0.15) is 0 Å². The van der Waals surface area contributed by atoms with E-state index in [-0.39, 0.29) is 11.6 Å². The van der Waals surface area contributed by atoms with Gasteiger partial charge in [0.15, 0.2) is 11.6 Å². The molecule has 2 aliphatic rings. The summed E-state index contributed by atoms with van der Waals surface area (Å²) >= 11 is 0. The van der Waals surface area contributed by atoms with Crippen molar-refractivity contribution >= 4 is 17.5 Å². The van der Waals surface area contributed by atoms with Crippen LogP contribution in [0.3, 0.4) is 0 Å². The molecule has 0 radical (unpaired) electrons. The monoisotopic (exact) mass is 274 g/mol. The van der Waals surface area contributed by atoms with E-state index in [0.717, 1.165) is 0 Å². The highest BCUT2D eigenvalue weighted by Crippen LogP contribution is 2.44. The fraction of sp³-hybridized carbons (Fsp3) is 0.438. The number of ketones is 2. The van der Waals surface area contributed by atoms with Crippen LogP contribution in [0.1, 0.15) is 27.2 Å². The van der Waals surface area contributed by atoms with Gasteiger partial charge in [-0.2, -0.15) is 0 Å². The van der Waals surface area contributed by atoms with Crippen molar-refractivity contribution in [3.05, 3.63) is 34.9 Å². The molecule has 0 amide bonds. The summed E-state index contributed by atoms with van der Waals surface area (Å²) in [7, 11) is 1.30. The Morgan fingerprint density at radius 2 is 2.05 bits per heavy atom. The molecular formula is C16H18O4. The van der Waals surface area contributed by atoms with Crippen LogP contribution in [0.4, 0.5) is 0 Å². The molecule has 2 aliphatic carbocycles. The largest absolute Gasteiger partial charge is 0.469 e. The molecule has 0 spiro atoms. The number of carbonyl (C=O) groups is 3. The van der Waals surface area contributed by atoms with Gasteiger partial charge >= 0.3 is 5.97 Å². The molecule has 106 valence electrons. The molecule has 0 aromatic heterocycles. The fourth-order valence-electron chi connectivity index (χ4n) is 2.86. The number of Topliss-reactive ketones (excluding diaryl/α,β-unsaturated/α-hetero) is 1. The van der Waals surface area contributed by atoms with Gasteiger partial charge in [0.2, 0.25) is 0 Å². The Labute approximate surface area is 118 Å². The average molecular weight is 274 g/mol. The second-order valence-corrected chi connectivity index (χ2v) is 5.55. The Balaban J connectivity index is 2.49. The van der Waals surface area contributed by atoms with Crippen LogP contribution in [-0.4, -0.2) is 24.6 Å². The van der Waals surface area contributed by atoms with Gasteiger partial charge in [0.05, 0.1) is 13.0 Å². The number of fused-ring (bicyclic) bond motifs is 1. The first kappa shape index (κ1) is 14.4. The number of ether oxygens (including phenoxy) is 1. The van der Waals surface area contributed by atoms with E-state index in [1.54, 1.807) is 26.0 Å². The highest BCUT2D eigenvalue weighted by atomic mass is 16.5. The van der Waals surface area contributed by atoms with E-state index in [1.165, 1.54) is 13.2 Å². The minimum absolute atomic E-state index is 0.141. The van der Waals surface area contributed by atoms with Crippen LogP contribution >= 0.6 is 0 Å². The summed E-state index contributed by atoms with van der Waals surface area (Å²) in [6.07, 6.45) is 5.70. The van der Waals surface area contributed by atoms with Crippen LogP contribution in [0.2, 0.25) is 0 Å². The number of allylic oxidation sites excluding steroid dienone is 5. The lowest BCUT2D eigenvalue weighted by molar-refractivity contribution is -0.144. The predicted molar refractivity (Wildman–Crippen MR) is 73.8 cm³/mol. The third-order valence-corrected chi connectivity index (χ3v) is 4.17. The molecule has 4 heteroatoms. The smallest absolute Gasteiger partial charge is 0.312 e. The number of rotatable bonds is 2. The number of esters is 1. The molecule has 4 nitrogen and oxygen atoms in total. The van der Waals surface area contributed by atoms with E-state index < -0.39 is 17.3 Å². The van der Waals surface area contributed by atoms with Gasteiger partial charge in [0, 0.05) is 22.1 Å². The van der Waals surface area contributed by atoms with Gasteiger partial charge in [-0.15, -0.1) is 0 Å². The average Bonchev–Trinajstić information content (AvgIpc) is 2.42. The predicted octanol–water partition coefficient (Wildman–Crippen LogP) is 2.16. The summed E-state index contributed by atoms with van der Waals surface area (Å²) in [6, 6.07) is 0. The van der Waals surface area contributed by atoms with E-state index in [4.69, 9.17) is 4.74 Å². The fourth-order valence-corrected chi connectivity index (χ4v) is 2.86. The lowest BCUT2D eigenvalue weighted by atomic mass is 9.66. The lowest BCUT2D eigenvalue weighted by Crippen LogP contribution is -2.35. The van der Waals surface area contributed by atoms with Gasteiger partial charge in [-0.3, -0.25) is 14.4 Å². The zero-order valence-electron chi connectivity index (χ0n) is 12.1. The molecule has 0 unspecified atom stereocenters. The summed E-state index contributed by atoms with van der Waals surface area (Å²) in [6.45, 7) is 5.25. The first-order chi connectivity index (χ1) is 9.31. The number of hydrogen-bond donors (Lipinski definition) is 0. The Bertz CT molecular complexity index is 592. The molecule has 0 bridgehead atoms. The van der Waals surface area contributed by atoms with Gasteiger partial charge < -0.3 is 4.74 Å². The number of carbonyl (C=O) groups excluding carboxylic acids is 3. The number of hydrogen-bond acceptors (Lipinski definition) is 4. The van der Waals surface area contributed by atoms with Crippen molar-refractivity contribution < 1.29 is 19.1 Å². The summed E-state index contributed by atoms with van der Waals surface area (Å²) in [5.41, 5.74) is 0.960. The lowest BCUT2D eigenvalue weighted by Gasteiger charge is -2.36. The zero-order valence-corrected chi connectivity index (χ0v) is 12.1.